The number of carbonyl (C=O) groups excluding carboxylic acids is 3. The van der Waals surface area contributed by atoms with Crippen LogP contribution in [0.1, 0.15) is 35.5 Å². The first-order valence-corrected chi connectivity index (χ1v) is 11.7. The molecule has 2 aromatic carbocycles. The maximum Gasteiger partial charge on any atom is 0.254 e. The zero-order chi connectivity index (χ0) is 24.7. The molecule has 0 unspecified atom stereocenters. The van der Waals surface area contributed by atoms with Gasteiger partial charge in [0.15, 0.2) is 5.13 Å². The Morgan fingerprint density at radius 1 is 1.00 bits per heavy atom. The molecule has 0 saturated carbocycles. The lowest BCUT2D eigenvalue weighted by Crippen LogP contribution is -2.42. The summed E-state index contributed by atoms with van der Waals surface area (Å²) in [7, 11) is 1.56. The Bertz CT molecular complexity index is 1140. The lowest BCUT2D eigenvalue weighted by atomic mass is 10.1. The number of ether oxygens (including phenoxy) is 1. The second kappa shape index (κ2) is 11.4. The Morgan fingerprint density at radius 2 is 1.68 bits per heavy atom. The lowest BCUT2D eigenvalue weighted by Gasteiger charge is -2.26. The first-order chi connectivity index (χ1) is 16.2. The van der Waals surface area contributed by atoms with Gasteiger partial charge in [0.2, 0.25) is 11.8 Å². The molecule has 3 aromatic rings. The van der Waals surface area contributed by atoms with Gasteiger partial charge in [0.05, 0.1) is 19.2 Å². The molecule has 8 nitrogen and oxygen atoms in total. The molecule has 3 rings (SSSR count). The molecule has 0 aliphatic heterocycles. The van der Waals surface area contributed by atoms with E-state index in [-0.39, 0.29) is 36.7 Å². The highest BCUT2D eigenvalue weighted by molar-refractivity contribution is 7.13. The van der Waals surface area contributed by atoms with Crippen molar-refractivity contribution in [1.29, 1.82) is 0 Å². The number of rotatable bonds is 9. The lowest BCUT2D eigenvalue weighted by molar-refractivity contribution is -0.117. The Labute approximate surface area is 203 Å². The van der Waals surface area contributed by atoms with Gasteiger partial charge in [-0.3, -0.25) is 14.4 Å². The van der Waals surface area contributed by atoms with Crippen LogP contribution in [0.25, 0.3) is 0 Å². The summed E-state index contributed by atoms with van der Waals surface area (Å²) in [5.41, 5.74) is 2.85. The smallest absolute Gasteiger partial charge is 0.254 e. The van der Waals surface area contributed by atoms with Crippen LogP contribution in [-0.2, 0) is 16.0 Å². The van der Waals surface area contributed by atoms with Gasteiger partial charge in [-0.1, -0.05) is 17.7 Å². The van der Waals surface area contributed by atoms with E-state index >= 15 is 0 Å². The van der Waals surface area contributed by atoms with Crippen LogP contribution in [0.3, 0.4) is 0 Å². The van der Waals surface area contributed by atoms with Crippen molar-refractivity contribution in [2.75, 3.05) is 24.3 Å². The minimum Gasteiger partial charge on any atom is -0.497 e. The van der Waals surface area contributed by atoms with Gasteiger partial charge in [-0.15, -0.1) is 11.3 Å². The summed E-state index contributed by atoms with van der Waals surface area (Å²) in [6.07, 6.45) is 0.0916. The fourth-order valence-corrected chi connectivity index (χ4v) is 3.88. The van der Waals surface area contributed by atoms with Gasteiger partial charge in [-0.2, -0.15) is 0 Å². The van der Waals surface area contributed by atoms with E-state index in [9.17, 15) is 14.4 Å². The summed E-state index contributed by atoms with van der Waals surface area (Å²) in [4.78, 5) is 43.6. The summed E-state index contributed by atoms with van der Waals surface area (Å²) in [6.45, 7) is 5.56. The first kappa shape index (κ1) is 24.9. The minimum absolute atomic E-state index is 0.0916. The summed E-state index contributed by atoms with van der Waals surface area (Å²) < 4.78 is 5.13. The maximum absolute atomic E-state index is 12.9. The molecule has 0 spiro atoms. The fraction of sp³-hybridized carbons (Fsp3) is 0.280. The van der Waals surface area contributed by atoms with Crippen LogP contribution in [0, 0.1) is 6.92 Å². The average molecular weight is 481 g/mol. The molecule has 1 heterocycles. The van der Waals surface area contributed by atoms with E-state index in [4.69, 9.17) is 4.74 Å². The zero-order valence-electron chi connectivity index (χ0n) is 19.6. The van der Waals surface area contributed by atoms with Crippen LogP contribution in [-0.4, -0.2) is 47.3 Å². The van der Waals surface area contributed by atoms with Gasteiger partial charge in [0.25, 0.3) is 5.91 Å². The monoisotopic (exact) mass is 480 g/mol. The Morgan fingerprint density at radius 3 is 2.29 bits per heavy atom. The molecule has 0 bridgehead atoms. The van der Waals surface area contributed by atoms with Crippen LogP contribution in [0.15, 0.2) is 53.9 Å². The second-order valence-corrected chi connectivity index (χ2v) is 8.90. The van der Waals surface area contributed by atoms with Crippen LogP contribution in [0.4, 0.5) is 10.8 Å². The normalized spacial score (nSPS) is 10.6. The number of carbonyl (C=O) groups is 3. The van der Waals surface area contributed by atoms with Crippen molar-refractivity contribution in [3.8, 4) is 5.75 Å². The molecule has 0 aliphatic carbocycles. The van der Waals surface area contributed by atoms with Crippen molar-refractivity contribution in [2.24, 2.45) is 0 Å². The zero-order valence-corrected chi connectivity index (χ0v) is 20.4. The van der Waals surface area contributed by atoms with Crippen molar-refractivity contribution >= 4 is 39.9 Å². The maximum atomic E-state index is 12.9. The summed E-state index contributed by atoms with van der Waals surface area (Å²) in [5.74, 6) is -0.151. The highest BCUT2D eigenvalue weighted by Crippen LogP contribution is 2.18. The van der Waals surface area contributed by atoms with Crippen LogP contribution < -0.4 is 15.4 Å². The van der Waals surface area contributed by atoms with Crippen molar-refractivity contribution in [3.05, 3.63) is 70.7 Å². The largest absolute Gasteiger partial charge is 0.497 e. The standard InChI is InChI=1S/C25H28N4O4S/c1-16(2)29(24(32)18-7-11-21(33-4)12-8-18)14-23(31)28-25-27-20(15-34-25)13-22(30)26-19-9-5-17(3)6-10-19/h5-12,15-16H,13-14H2,1-4H3,(H,26,30)(H,27,28,31). The van der Waals surface area contributed by atoms with E-state index in [1.165, 1.54) is 16.2 Å². The third-order valence-electron chi connectivity index (χ3n) is 5.01. The summed E-state index contributed by atoms with van der Waals surface area (Å²) >= 11 is 1.23. The molecular weight excluding hydrogens is 452 g/mol. The number of aryl methyl sites for hydroxylation is 1. The van der Waals surface area contributed by atoms with E-state index < -0.39 is 0 Å². The van der Waals surface area contributed by atoms with Gasteiger partial charge < -0.3 is 20.3 Å². The average Bonchev–Trinajstić information content (AvgIpc) is 3.24. The second-order valence-electron chi connectivity index (χ2n) is 8.04. The Balaban J connectivity index is 1.56. The number of hydrogen-bond donors (Lipinski definition) is 2. The molecule has 2 N–H and O–H groups in total. The molecule has 0 atom stereocenters. The number of nitrogens with one attached hydrogen (secondary N) is 2. The van der Waals surface area contributed by atoms with E-state index in [0.29, 0.717) is 22.1 Å². The third kappa shape index (κ3) is 6.89. The number of thiazole rings is 1. The number of benzene rings is 2. The summed E-state index contributed by atoms with van der Waals surface area (Å²) in [5, 5.41) is 7.66. The predicted molar refractivity (Wildman–Crippen MR) is 133 cm³/mol. The number of aromatic nitrogens is 1. The predicted octanol–water partition coefficient (Wildman–Crippen LogP) is 4.13. The summed E-state index contributed by atoms with van der Waals surface area (Å²) in [6, 6.07) is 14.1. The van der Waals surface area contributed by atoms with Gasteiger partial charge in [0.1, 0.15) is 12.3 Å². The SMILES string of the molecule is COc1ccc(C(=O)N(CC(=O)Nc2nc(CC(=O)Nc3ccc(C)cc3)cs2)C(C)C)cc1. The highest BCUT2D eigenvalue weighted by atomic mass is 32.1. The van der Waals surface area contributed by atoms with Crippen molar-refractivity contribution < 1.29 is 19.1 Å². The molecule has 0 radical (unpaired) electrons. The highest BCUT2D eigenvalue weighted by Gasteiger charge is 2.22. The molecule has 0 aliphatic rings. The third-order valence-corrected chi connectivity index (χ3v) is 5.82. The number of hydrogen-bond acceptors (Lipinski definition) is 6. The van der Waals surface area contributed by atoms with Crippen molar-refractivity contribution in [3.63, 3.8) is 0 Å². The Kier molecular flexibility index (Phi) is 8.37. The fourth-order valence-electron chi connectivity index (χ4n) is 3.15. The number of amides is 3. The number of anilines is 2. The van der Waals surface area contributed by atoms with Crippen molar-refractivity contribution in [1.82, 2.24) is 9.88 Å². The number of methoxy groups -OCH3 is 1. The Hall–Kier alpha value is -3.72. The molecule has 3 amide bonds. The van der Waals surface area contributed by atoms with E-state index in [1.54, 1.807) is 36.8 Å². The molecule has 9 heteroatoms. The van der Waals surface area contributed by atoms with Gasteiger partial charge >= 0.3 is 0 Å². The van der Waals surface area contributed by atoms with Gasteiger partial charge in [-0.05, 0) is 57.2 Å². The van der Waals surface area contributed by atoms with Crippen molar-refractivity contribution in [2.45, 2.75) is 33.2 Å². The first-order valence-electron chi connectivity index (χ1n) is 10.8. The molecule has 0 fully saturated rings. The van der Waals surface area contributed by atoms with E-state index in [1.807, 2.05) is 45.0 Å². The topological polar surface area (TPSA) is 101 Å². The van der Waals surface area contributed by atoms with Crippen LogP contribution >= 0.6 is 11.3 Å². The van der Waals surface area contributed by atoms with Gasteiger partial charge in [-0.25, -0.2) is 4.98 Å². The van der Waals surface area contributed by atoms with Gasteiger partial charge in [0, 0.05) is 22.7 Å². The molecule has 0 saturated heterocycles. The molecule has 1 aromatic heterocycles. The van der Waals surface area contributed by atoms with Crippen LogP contribution in [0.5, 0.6) is 5.75 Å². The number of nitrogens with zero attached hydrogens (tertiary/aromatic N) is 2. The van der Waals surface area contributed by atoms with E-state index in [2.05, 4.69) is 15.6 Å². The minimum atomic E-state index is -0.361. The van der Waals surface area contributed by atoms with E-state index in [0.717, 1.165) is 11.3 Å². The quantitative estimate of drug-likeness (QED) is 0.480. The van der Waals surface area contributed by atoms with Crippen LogP contribution in [0.2, 0.25) is 0 Å². The molecule has 178 valence electrons. The molecule has 34 heavy (non-hydrogen) atoms. The molecular formula is C25H28N4O4S.